The standard InChI is InChI=1S/C23H32F4O2/c1-2-3-16-4-8-18(9-5-16)19-10-6-17(7-11-19)15-28-20-12-13-22(21(24)14-20)29-23(25,26)27/h12-14,16-19H,2-11,15H2,1H3. The molecule has 1 aromatic carbocycles. The highest BCUT2D eigenvalue weighted by Crippen LogP contribution is 2.42. The van der Waals surface area contributed by atoms with Gasteiger partial charge in [-0.3, -0.25) is 0 Å². The van der Waals surface area contributed by atoms with Crippen LogP contribution in [0.3, 0.4) is 0 Å². The Labute approximate surface area is 171 Å². The number of benzene rings is 1. The van der Waals surface area contributed by atoms with E-state index < -0.39 is 17.9 Å². The van der Waals surface area contributed by atoms with Crippen molar-refractivity contribution in [3.63, 3.8) is 0 Å². The van der Waals surface area contributed by atoms with Gasteiger partial charge in [0.25, 0.3) is 0 Å². The summed E-state index contributed by atoms with van der Waals surface area (Å²) in [5, 5.41) is 0. The van der Waals surface area contributed by atoms with E-state index >= 15 is 0 Å². The van der Waals surface area contributed by atoms with Gasteiger partial charge in [-0.1, -0.05) is 32.6 Å². The number of alkyl halides is 3. The fraction of sp³-hybridized carbons (Fsp3) is 0.739. The number of ether oxygens (including phenoxy) is 2. The van der Waals surface area contributed by atoms with Crippen molar-refractivity contribution in [1.29, 1.82) is 0 Å². The van der Waals surface area contributed by atoms with Gasteiger partial charge in [-0.05, 0) is 74.3 Å². The first-order valence-corrected chi connectivity index (χ1v) is 11.0. The van der Waals surface area contributed by atoms with Crippen LogP contribution in [0.25, 0.3) is 0 Å². The van der Waals surface area contributed by atoms with E-state index in [2.05, 4.69) is 11.7 Å². The quantitative estimate of drug-likeness (QED) is 0.428. The maximum atomic E-state index is 13.8. The summed E-state index contributed by atoms with van der Waals surface area (Å²) in [6, 6.07) is 3.25. The Kier molecular flexibility index (Phi) is 7.69. The molecule has 0 spiro atoms. The molecule has 0 unspecified atom stereocenters. The minimum absolute atomic E-state index is 0.244. The molecule has 2 saturated carbocycles. The predicted octanol–water partition coefficient (Wildman–Crippen LogP) is 7.52. The van der Waals surface area contributed by atoms with Gasteiger partial charge in [0.05, 0.1) is 6.61 Å². The van der Waals surface area contributed by atoms with Crippen LogP contribution in [0.4, 0.5) is 17.6 Å². The Balaban J connectivity index is 1.40. The van der Waals surface area contributed by atoms with Crippen LogP contribution in [0.2, 0.25) is 0 Å². The molecular weight excluding hydrogens is 384 g/mol. The Morgan fingerprint density at radius 2 is 1.48 bits per heavy atom. The van der Waals surface area contributed by atoms with Crippen LogP contribution >= 0.6 is 0 Å². The minimum Gasteiger partial charge on any atom is -0.493 e. The zero-order valence-corrected chi connectivity index (χ0v) is 17.1. The summed E-state index contributed by atoms with van der Waals surface area (Å²) in [7, 11) is 0. The predicted molar refractivity (Wildman–Crippen MR) is 104 cm³/mol. The number of halogens is 4. The van der Waals surface area contributed by atoms with Crippen molar-refractivity contribution in [2.24, 2.45) is 23.7 Å². The minimum atomic E-state index is -4.91. The first-order chi connectivity index (χ1) is 13.8. The first-order valence-electron chi connectivity index (χ1n) is 11.0. The van der Waals surface area contributed by atoms with Gasteiger partial charge in [0.2, 0.25) is 0 Å². The van der Waals surface area contributed by atoms with Crippen LogP contribution < -0.4 is 9.47 Å². The first kappa shape index (κ1) is 22.2. The molecule has 0 aliphatic heterocycles. The highest BCUT2D eigenvalue weighted by Gasteiger charge is 2.33. The molecule has 0 bridgehead atoms. The third-order valence-corrected chi connectivity index (χ3v) is 6.76. The molecule has 6 heteroatoms. The van der Waals surface area contributed by atoms with Crippen LogP contribution in [0.5, 0.6) is 11.5 Å². The summed E-state index contributed by atoms with van der Waals surface area (Å²) in [5.41, 5.74) is 0. The molecule has 0 atom stereocenters. The number of hydrogen-bond acceptors (Lipinski definition) is 2. The van der Waals surface area contributed by atoms with Crippen molar-refractivity contribution in [2.75, 3.05) is 6.61 Å². The van der Waals surface area contributed by atoms with Crippen molar-refractivity contribution in [3.05, 3.63) is 24.0 Å². The molecule has 164 valence electrons. The lowest BCUT2D eigenvalue weighted by Crippen LogP contribution is -2.27. The lowest BCUT2D eigenvalue weighted by molar-refractivity contribution is -0.275. The van der Waals surface area contributed by atoms with Crippen molar-refractivity contribution in [1.82, 2.24) is 0 Å². The zero-order valence-electron chi connectivity index (χ0n) is 17.1. The fourth-order valence-electron chi connectivity index (χ4n) is 5.18. The maximum Gasteiger partial charge on any atom is 0.573 e. The van der Waals surface area contributed by atoms with E-state index in [4.69, 9.17) is 4.74 Å². The van der Waals surface area contributed by atoms with Gasteiger partial charge in [0.15, 0.2) is 11.6 Å². The van der Waals surface area contributed by atoms with Crippen LogP contribution in [0.1, 0.15) is 71.1 Å². The summed E-state index contributed by atoms with van der Waals surface area (Å²) >= 11 is 0. The maximum absolute atomic E-state index is 13.8. The summed E-state index contributed by atoms with van der Waals surface area (Å²) in [6.07, 6.45) is 7.97. The molecule has 0 heterocycles. The average molecular weight is 416 g/mol. The van der Waals surface area contributed by atoms with E-state index in [9.17, 15) is 17.6 Å². The molecule has 0 radical (unpaired) electrons. The van der Waals surface area contributed by atoms with Crippen molar-refractivity contribution in [3.8, 4) is 11.5 Å². The second-order valence-electron chi connectivity index (χ2n) is 8.80. The lowest BCUT2D eigenvalue weighted by Gasteiger charge is -2.37. The molecular formula is C23H32F4O2. The van der Waals surface area contributed by atoms with Gasteiger partial charge < -0.3 is 9.47 Å². The van der Waals surface area contributed by atoms with Crippen LogP contribution in [0, 0.1) is 29.5 Å². The summed E-state index contributed by atoms with van der Waals surface area (Å²) in [4.78, 5) is 0. The van der Waals surface area contributed by atoms with Crippen molar-refractivity contribution < 1.29 is 27.0 Å². The molecule has 2 aliphatic rings. The molecule has 0 amide bonds. The van der Waals surface area contributed by atoms with Gasteiger partial charge in [-0.15, -0.1) is 13.2 Å². The normalized spacial score (nSPS) is 28.2. The monoisotopic (exact) mass is 416 g/mol. The number of rotatable bonds is 7. The zero-order chi connectivity index (χ0) is 20.9. The van der Waals surface area contributed by atoms with Gasteiger partial charge in [-0.25, -0.2) is 4.39 Å². The fourth-order valence-corrected chi connectivity index (χ4v) is 5.18. The highest BCUT2D eigenvalue weighted by molar-refractivity contribution is 5.33. The molecule has 2 fully saturated rings. The van der Waals surface area contributed by atoms with Crippen LogP contribution in [0.15, 0.2) is 18.2 Å². The molecule has 2 nitrogen and oxygen atoms in total. The second kappa shape index (κ2) is 10.0. The molecule has 1 aromatic rings. The van der Waals surface area contributed by atoms with E-state index in [1.807, 2.05) is 0 Å². The third kappa shape index (κ3) is 6.78. The van der Waals surface area contributed by atoms with Crippen molar-refractivity contribution in [2.45, 2.75) is 77.5 Å². The summed E-state index contributed by atoms with van der Waals surface area (Å²) in [5.74, 6) is 1.41. The van der Waals surface area contributed by atoms with E-state index in [0.717, 1.165) is 42.7 Å². The van der Waals surface area contributed by atoms with E-state index in [1.165, 1.54) is 57.4 Å². The van der Waals surface area contributed by atoms with Crippen LogP contribution in [-0.2, 0) is 0 Å². The summed E-state index contributed by atoms with van der Waals surface area (Å²) < 4.78 is 59.7. The molecule has 0 saturated heterocycles. The SMILES string of the molecule is CCCC1CCC(C2CCC(COc3ccc(OC(F)(F)F)c(F)c3)CC2)CC1. The molecule has 3 rings (SSSR count). The van der Waals surface area contributed by atoms with Gasteiger partial charge >= 0.3 is 6.36 Å². The molecule has 2 aliphatic carbocycles. The van der Waals surface area contributed by atoms with Gasteiger partial charge in [0, 0.05) is 6.07 Å². The number of hydrogen-bond donors (Lipinski definition) is 0. The van der Waals surface area contributed by atoms with E-state index in [1.54, 1.807) is 0 Å². The molecule has 0 aromatic heterocycles. The molecule has 0 N–H and O–H groups in total. The largest absolute Gasteiger partial charge is 0.573 e. The lowest BCUT2D eigenvalue weighted by atomic mass is 9.69. The van der Waals surface area contributed by atoms with Gasteiger partial charge in [-0.2, -0.15) is 0 Å². The second-order valence-corrected chi connectivity index (χ2v) is 8.80. The van der Waals surface area contributed by atoms with Crippen molar-refractivity contribution >= 4 is 0 Å². The highest BCUT2D eigenvalue weighted by atomic mass is 19.4. The van der Waals surface area contributed by atoms with E-state index in [0.29, 0.717) is 12.5 Å². The van der Waals surface area contributed by atoms with E-state index in [-0.39, 0.29) is 5.75 Å². The third-order valence-electron chi connectivity index (χ3n) is 6.76. The average Bonchev–Trinajstić information content (AvgIpc) is 2.69. The smallest absolute Gasteiger partial charge is 0.493 e. The Hall–Kier alpha value is -1.46. The van der Waals surface area contributed by atoms with Crippen LogP contribution in [-0.4, -0.2) is 13.0 Å². The van der Waals surface area contributed by atoms with Gasteiger partial charge in [0.1, 0.15) is 5.75 Å². The Morgan fingerprint density at radius 3 is 2.00 bits per heavy atom. The topological polar surface area (TPSA) is 18.5 Å². The summed E-state index contributed by atoms with van der Waals surface area (Å²) in [6.45, 7) is 2.75. The Bertz CT molecular complexity index is 630. The molecule has 29 heavy (non-hydrogen) atoms. The Morgan fingerprint density at radius 1 is 0.897 bits per heavy atom.